The lowest BCUT2D eigenvalue weighted by atomic mass is 10.0. The molecule has 0 radical (unpaired) electrons. The van der Waals surface area contributed by atoms with Gasteiger partial charge in [0.1, 0.15) is 10.8 Å². The van der Waals surface area contributed by atoms with Crippen molar-refractivity contribution in [3.63, 3.8) is 0 Å². The fourth-order valence-electron chi connectivity index (χ4n) is 3.17. The molecule has 25 heavy (non-hydrogen) atoms. The Morgan fingerprint density at radius 1 is 1.24 bits per heavy atom. The van der Waals surface area contributed by atoms with Crippen molar-refractivity contribution in [2.24, 2.45) is 0 Å². The van der Waals surface area contributed by atoms with Crippen LogP contribution in [-0.4, -0.2) is 26.8 Å². The molecule has 0 bridgehead atoms. The molecule has 0 N–H and O–H groups in total. The quantitative estimate of drug-likeness (QED) is 0.587. The van der Waals surface area contributed by atoms with E-state index in [0.29, 0.717) is 12.0 Å². The van der Waals surface area contributed by atoms with Gasteiger partial charge in [0, 0.05) is 12.0 Å². The highest BCUT2D eigenvalue weighted by Crippen LogP contribution is 2.42. The zero-order valence-corrected chi connectivity index (χ0v) is 16.2. The molecule has 1 fully saturated rings. The van der Waals surface area contributed by atoms with E-state index in [0.717, 1.165) is 37.2 Å². The summed E-state index contributed by atoms with van der Waals surface area (Å²) in [6.07, 6.45) is 5.84. The van der Waals surface area contributed by atoms with Gasteiger partial charge in [-0.15, -0.1) is 0 Å². The minimum Gasteiger partial charge on any atom is -0.287 e. The fraction of sp³-hybridized carbons (Fsp3) is 0.600. The third-order valence-electron chi connectivity index (χ3n) is 5.07. The molecule has 3 rings (SSSR count). The first kappa shape index (κ1) is 18.5. The first-order valence-corrected chi connectivity index (χ1v) is 10.3. The predicted octanol–water partition coefficient (Wildman–Crippen LogP) is 5.54. The summed E-state index contributed by atoms with van der Waals surface area (Å²) in [5, 5.41) is 1.17. The van der Waals surface area contributed by atoms with E-state index in [1.807, 2.05) is 12.1 Å². The molecule has 5 heteroatoms. The topological polar surface area (TPSA) is 29.0 Å². The summed E-state index contributed by atoms with van der Waals surface area (Å²) in [6, 6.07) is 7.30. The molecule has 0 aliphatic heterocycles. The molecule has 0 spiro atoms. The van der Waals surface area contributed by atoms with Gasteiger partial charge in [-0.05, 0) is 68.4 Å². The normalized spacial score (nSPS) is 17.0. The van der Waals surface area contributed by atoms with Gasteiger partial charge in [-0.2, -0.15) is 4.37 Å². The molecule has 2 aromatic rings. The van der Waals surface area contributed by atoms with Crippen molar-refractivity contribution < 1.29 is 4.39 Å². The van der Waals surface area contributed by atoms with Crippen LogP contribution >= 0.6 is 11.5 Å². The molecule has 1 aliphatic carbocycles. The van der Waals surface area contributed by atoms with E-state index in [9.17, 15) is 4.39 Å². The van der Waals surface area contributed by atoms with E-state index in [4.69, 9.17) is 9.36 Å². The van der Waals surface area contributed by atoms with Gasteiger partial charge in [0.2, 0.25) is 0 Å². The number of rotatable bonds is 9. The molecule has 0 saturated heterocycles. The van der Waals surface area contributed by atoms with Crippen molar-refractivity contribution in [1.29, 1.82) is 0 Å². The maximum absolute atomic E-state index is 13.5. The van der Waals surface area contributed by atoms with Crippen molar-refractivity contribution in [2.75, 3.05) is 6.54 Å². The maximum atomic E-state index is 13.5. The number of aromatic nitrogens is 2. The molecule has 3 nitrogen and oxygen atoms in total. The summed E-state index contributed by atoms with van der Waals surface area (Å²) in [7, 11) is 0. The summed E-state index contributed by atoms with van der Waals surface area (Å²) in [4.78, 5) is 7.38. The number of unbranched alkanes of at least 4 members (excludes halogenated alkanes) is 1. The van der Waals surface area contributed by atoms with Crippen LogP contribution in [0.25, 0.3) is 0 Å². The zero-order valence-electron chi connectivity index (χ0n) is 15.4. The van der Waals surface area contributed by atoms with Crippen molar-refractivity contribution in [2.45, 2.75) is 70.9 Å². The third-order valence-corrected chi connectivity index (χ3v) is 5.96. The molecule has 1 aromatic heterocycles. The summed E-state index contributed by atoms with van der Waals surface area (Å²) < 4.78 is 18.2. The summed E-state index contributed by atoms with van der Waals surface area (Å²) >= 11 is 1.55. The zero-order chi connectivity index (χ0) is 17.8. The summed E-state index contributed by atoms with van der Waals surface area (Å²) in [5.41, 5.74) is 1.08. The Labute approximate surface area is 154 Å². The number of hydrogen-bond acceptors (Lipinski definition) is 4. The van der Waals surface area contributed by atoms with E-state index in [1.165, 1.54) is 17.8 Å². The van der Waals surface area contributed by atoms with Crippen molar-refractivity contribution in [3.05, 3.63) is 46.5 Å². The fourth-order valence-corrected chi connectivity index (χ4v) is 4.01. The third kappa shape index (κ3) is 4.45. The molecule has 136 valence electrons. The van der Waals surface area contributed by atoms with E-state index in [2.05, 4.69) is 25.7 Å². The Kier molecular flexibility index (Phi) is 6.18. The largest absolute Gasteiger partial charge is 0.287 e. The molecule has 1 aliphatic rings. The number of hydrogen-bond donors (Lipinski definition) is 0. The molecule has 2 atom stereocenters. The van der Waals surface area contributed by atoms with Gasteiger partial charge in [0.15, 0.2) is 5.82 Å². The molecular weight excluding hydrogens is 333 g/mol. The van der Waals surface area contributed by atoms with Gasteiger partial charge in [0.05, 0.1) is 6.04 Å². The minimum atomic E-state index is -0.198. The van der Waals surface area contributed by atoms with Crippen LogP contribution in [0.3, 0.4) is 0 Å². The Morgan fingerprint density at radius 3 is 2.56 bits per heavy atom. The Morgan fingerprint density at radius 2 is 1.96 bits per heavy atom. The Balaban J connectivity index is 1.97. The van der Waals surface area contributed by atoms with Crippen molar-refractivity contribution in [3.8, 4) is 0 Å². The molecule has 1 aromatic carbocycles. The molecule has 1 heterocycles. The lowest BCUT2D eigenvalue weighted by Crippen LogP contribution is -2.38. The second-order valence-electron chi connectivity index (χ2n) is 7.07. The Bertz CT molecular complexity index is 666. The van der Waals surface area contributed by atoms with Crippen molar-refractivity contribution >= 4 is 11.5 Å². The molecule has 1 saturated carbocycles. The van der Waals surface area contributed by atoms with Gasteiger partial charge >= 0.3 is 0 Å². The van der Waals surface area contributed by atoms with Crippen LogP contribution in [0.4, 0.5) is 4.39 Å². The molecule has 1 unspecified atom stereocenters. The van der Waals surface area contributed by atoms with Crippen LogP contribution < -0.4 is 0 Å². The highest BCUT2D eigenvalue weighted by atomic mass is 32.1. The van der Waals surface area contributed by atoms with Gasteiger partial charge in [0.25, 0.3) is 0 Å². The van der Waals surface area contributed by atoms with E-state index in [1.54, 1.807) is 23.7 Å². The predicted molar refractivity (Wildman–Crippen MR) is 101 cm³/mol. The first-order chi connectivity index (χ1) is 12.1. The average Bonchev–Trinajstić information content (AvgIpc) is 3.37. The van der Waals surface area contributed by atoms with Crippen LogP contribution in [-0.2, 0) is 0 Å². The van der Waals surface area contributed by atoms with Gasteiger partial charge in [-0.25, -0.2) is 9.37 Å². The van der Waals surface area contributed by atoms with Crippen LogP contribution in [0.2, 0.25) is 0 Å². The molecule has 0 amide bonds. The maximum Gasteiger partial charge on any atom is 0.164 e. The van der Waals surface area contributed by atoms with Crippen LogP contribution in [0, 0.1) is 5.82 Å². The molecular formula is C20H28FN3S. The van der Waals surface area contributed by atoms with E-state index in [-0.39, 0.29) is 11.9 Å². The highest BCUT2D eigenvalue weighted by molar-refractivity contribution is 7.05. The van der Waals surface area contributed by atoms with Crippen LogP contribution in [0.15, 0.2) is 24.3 Å². The number of benzene rings is 1. The SMILES string of the molecule is CCCCN(C(c1ccc(F)cc1)c1nsc(C2CC2)n1)[C@@H](C)CC. The minimum absolute atomic E-state index is 0.00542. The van der Waals surface area contributed by atoms with Crippen LogP contribution in [0.1, 0.15) is 81.2 Å². The van der Waals surface area contributed by atoms with Gasteiger partial charge < -0.3 is 0 Å². The van der Waals surface area contributed by atoms with E-state index < -0.39 is 0 Å². The average molecular weight is 362 g/mol. The first-order valence-electron chi connectivity index (χ1n) is 9.48. The summed E-state index contributed by atoms with van der Waals surface area (Å²) in [5.74, 6) is 1.30. The highest BCUT2D eigenvalue weighted by Gasteiger charge is 2.32. The van der Waals surface area contributed by atoms with Gasteiger partial charge in [-0.3, -0.25) is 4.90 Å². The number of nitrogens with zero attached hydrogens (tertiary/aromatic N) is 3. The monoisotopic (exact) mass is 361 g/mol. The van der Waals surface area contributed by atoms with Crippen molar-refractivity contribution in [1.82, 2.24) is 14.3 Å². The van der Waals surface area contributed by atoms with Crippen LogP contribution in [0.5, 0.6) is 0 Å². The second-order valence-corrected chi connectivity index (χ2v) is 7.85. The van der Waals surface area contributed by atoms with Gasteiger partial charge in [-0.1, -0.05) is 32.4 Å². The number of halogens is 1. The van der Waals surface area contributed by atoms with E-state index >= 15 is 0 Å². The summed E-state index contributed by atoms with van der Waals surface area (Å²) in [6.45, 7) is 7.70. The smallest absolute Gasteiger partial charge is 0.164 e. The lowest BCUT2D eigenvalue weighted by Gasteiger charge is -2.35. The standard InChI is InChI=1S/C20H28FN3S/c1-4-6-13-24(14(3)5-2)18(15-9-11-17(21)12-10-15)19-22-20(25-23-19)16-7-8-16/h9-12,14,16,18H,4-8,13H2,1-3H3/t14-,18?/m0/s1. The Hall–Kier alpha value is -1.33. The second kappa shape index (κ2) is 8.37. The lowest BCUT2D eigenvalue weighted by molar-refractivity contribution is 0.155.